The van der Waals surface area contributed by atoms with Crippen LogP contribution in [0.15, 0.2) is 23.6 Å². The van der Waals surface area contributed by atoms with Crippen molar-refractivity contribution < 1.29 is 4.79 Å². The van der Waals surface area contributed by atoms with E-state index < -0.39 is 0 Å². The Labute approximate surface area is 135 Å². The topological polar surface area (TPSA) is 45.2 Å². The highest BCUT2D eigenvalue weighted by Crippen LogP contribution is 2.30. The van der Waals surface area contributed by atoms with Crippen molar-refractivity contribution in [1.82, 2.24) is 9.88 Å². The molecule has 0 aliphatic carbocycles. The Morgan fingerprint density at radius 1 is 1.41 bits per heavy atom. The third-order valence-corrected chi connectivity index (χ3v) is 5.22. The van der Waals surface area contributed by atoms with E-state index in [1.807, 2.05) is 43.3 Å². The van der Waals surface area contributed by atoms with Crippen molar-refractivity contribution in [2.75, 3.05) is 25.5 Å². The minimum absolute atomic E-state index is 0.163. The molecule has 0 radical (unpaired) electrons. The second-order valence-corrected chi connectivity index (χ2v) is 6.76. The van der Waals surface area contributed by atoms with E-state index in [-0.39, 0.29) is 5.91 Å². The van der Waals surface area contributed by atoms with Crippen molar-refractivity contribution in [3.63, 3.8) is 0 Å². The first-order valence-corrected chi connectivity index (χ1v) is 8.46. The Morgan fingerprint density at radius 3 is 2.91 bits per heavy atom. The predicted octanol–water partition coefficient (Wildman–Crippen LogP) is 3.43. The number of carbonyl (C=O) groups is 1. The number of nitrogens with zero attached hydrogens (tertiary/aromatic N) is 2. The normalized spacial score (nSPS) is 17.8. The summed E-state index contributed by atoms with van der Waals surface area (Å²) in [5.74, 6) is 0.493. The van der Waals surface area contributed by atoms with Gasteiger partial charge in [-0.2, -0.15) is 0 Å². The lowest BCUT2D eigenvalue weighted by molar-refractivity contribution is 0.0795. The van der Waals surface area contributed by atoms with Crippen LogP contribution in [0, 0.1) is 13.8 Å². The van der Waals surface area contributed by atoms with Gasteiger partial charge in [-0.05, 0) is 49.4 Å². The summed E-state index contributed by atoms with van der Waals surface area (Å²) in [6, 6.07) is 6.14. The van der Waals surface area contributed by atoms with Crippen molar-refractivity contribution in [2.45, 2.75) is 26.2 Å². The van der Waals surface area contributed by atoms with Crippen LogP contribution in [0.3, 0.4) is 0 Å². The van der Waals surface area contributed by atoms with Crippen molar-refractivity contribution in [3.05, 3.63) is 45.4 Å². The average Bonchev–Trinajstić information content (AvgIpc) is 3.14. The summed E-state index contributed by atoms with van der Waals surface area (Å²) < 4.78 is 0. The zero-order chi connectivity index (χ0) is 15.7. The zero-order valence-corrected chi connectivity index (χ0v) is 14.0. The molecule has 22 heavy (non-hydrogen) atoms. The molecule has 1 unspecified atom stereocenters. The van der Waals surface area contributed by atoms with E-state index in [2.05, 4.69) is 16.4 Å². The van der Waals surface area contributed by atoms with Gasteiger partial charge in [-0.3, -0.25) is 9.78 Å². The lowest BCUT2D eigenvalue weighted by atomic mass is 10.0. The number of hydrogen-bond acceptors (Lipinski definition) is 4. The summed E-state index contributed by atoms with van der Waals surface area (Å²) in [5.41, 5.74) is 4.26. The maximum absolute atomic E-state index is 12.6. The Kier molecular flexibility index (Phi) is 4.16. The van der Waals surface area contributed by atoms with E-state index in [0.717, 1.165) is 47.0 Å². The zero-order valence-electron chi connectivity index (χ0n) is 13.2. The van der Waals surface area contributed by atoms with Gasteiger partial charge in [-0.25, -0.2) is 0 Å². The first kappa shape index (κ1) is 15.0. The first-order valence-electron chi connectivity index (χ1n) is 7.58. The lowest BCUT2D eigenvalue weighted by Crippen LogP contribution is -2.28. The van der Waals surface area contributed by atoms with Gasteiger partial charge in [-0.1, -0.05) is 0 Å². The molecule has 5 heteroatoms. The molecule has 0 saturated carbocycles. The van der Waals surface area contributed by atoms with Gasteiger partial charge < -0.3 is 10.2 Å². The van der Waals surface area contributed by atoms with Gasteiger partial charge in [0.05, 0.1) is 4.88 Å². The minimum Gasteiger partial charge on any atom is -0.388 e. The van der Waals surface area contributed by atoms with Gasteiger partial charge in [0.25, 0.3) is 5.91 Å². The molecule has 0 bridgehead atoms. The fraction of sp³-hybridized carbons (Fsp3) is 0.412. The van der Waals surface area contributed by atoms with Crippen LogP contribution < -0.4 is 5.32 Å². The number of thiophene rings is 1. The molecule has 2 aromatic heterocycles. The number of amides is 1. The molecule has 0 spiro atoms. The van der Waals surface area contributed by atoms with Gasteiger partial charge >= 0.3 is 0 Å². The maximum Gasteiger partial charge on any atom is 0.264 e. The van der Waals surface area contributed by atoms with Crippen molar-refractivity contribution in [1.29, 1.82) is 0 Å². The molecule has 0 aromatic carbocycles. The maximum atomic E-state index is 12.6. The number of hydrogen-bond donors (Lipinski definition) is 1. The molecule has 1 N–H and O–H groups in total. The smallest absolute Gasteiger partial charge is 0.264 e. The summed E-state index contributed by atoms with van der Waals surface area (Å²) in [4.78, 5) is 20.1. The number of carbonyl (C=O) groups excluding carboxylic acids is 1. The summed E-state index contributed by atoms with van der Waals surface area (Å²) in [6.07, 6.45) is 0.982. The summed E-state index contributed by atoms with van der Waals surface area (Å²) in [6.45, 7) is 5.58. The fourth-order valence-electron chi connectivity index (χ4n) is 2.97. The van der Waals surface area contributed by atoms with Gasteiger partial charge in [0.15, 0.2) is 0 Å². The fourth-order valence-corrected chi connectivity index (χ4v) is 3.86. The highest BCUT2D eigenvalue weighted by Gasteiger charge is 2.30. The molecule has 1 saturated heterocycles. The van der Waals surface area contributed by atoms with Crippen LogP contribution in [0.2, 0.25) is 0 Å². The third-order valence-electron chi connectivity index (χ3n) is 4.21. The van der Waals surface area contributed by atoms with Gasteiger partial charge in [0, 0.05) is 43.1 Å². The Hall–Kier alpha value is -1.88. The Bertz CT molecular complexity index is 695. The average molecular weight is 315 g/mol. The van der Waals surface area contributed by atoms with Crippen LogP contribution in [0.1, 0.15) is 39.0 Å². The lowest BCUT2D eigenvalue weighted by Gasteiger charge is -2.16. The second-order valence-electron chi connectivity index (χ2n) is 5.84. The van der Waals surface area contributed by atoms with E-state index in [4.69, 9.17) is 0 Å². The van der Waals surface area contributed by atoms with Gasteiger partial charge in [0.2, 0.25) is 0 Å². The quantitative estimate of drug-likeness (QED) is 0.944. The van der Waals surface area contributed by atoms with E-state index in [1.54, 1.807) is 0 Å². The SMILES string of the molecule is CNc1cc(C)nc(C2CCN(C(=O)c3sccc3C)C2)c1. The summed E-state index contributed by atoms with van der Waals surface area (Å²) in [7, 11) is 1.92. The molecule has 1 aliphatic heterocycles. The largest absolute Gasteiger partial charge is 0.388 e. The molecule has 116 valence electrons. The van der Waals surface area contributed by atoms with Crippen molar-refractivity contribution >= 4 is 22.9 Å². The van der Waals surface area contributed by atoms with Gasteiger partial charge in [0.1, 0.15) is 0 Å². The number of aromatic nitrogens is 1. The minimum atomic E-state index is 0.163. The van der Waals surface area contributed by atoms with Crippen LogP contribution in [-0.4, -0.2) is 35.9 Å². The number of pyridine rings is 1. The molecule has 3 heterocycles. The van der Waals surface area contributed by atoms with Crippen LogP contribution in [0.4, 0.5) is 5.69 Å². The predicted molar refractivity (Wildman–Crippen MR) is 90.8 cm³/mol. The van der Waals surface area contributed by atoms with Crippen LogP contribution >= 0.6 is 11.3 Å². The standard InChI is InChI=1S/C17H21N3OS/c1-11-5-7-22-16(11)17(21)20-6-4-13(10-20)15-9-14(18-3)8-12(2)19-15/h5,7-9,13H,4,6,10H2,1-3H3,(H,18,19). The van der Waals surface area contributed by atoms with Crippen LogP contribution in [0.5, 0.6) is 0 Å². The van der Waals surface area contributed by atoms with Crippen molar-refractivity contribution in [2.24, 2.45) is 0 Å². The molecule has 4 nitrogen and oxygen atoms in total. The highest BCUT2D eigenvalue weighted by atomic mass is 32.1. The molecular weight excluding hydrogens is 294 g/mol. The molecule has 3 rings (SSSR count). The second kappa shape index (κ2) is 6.08. The summed E-state index contributed by atoms with van der Waals surface area (Å²) >= 11 is 1.53. The third kappa shape index (κ3) is 2.86. The van der Waals surface area contributed by atoms with Crippen LogP contribution in [0.25, 0.3) is 0 Å². The number of rotatable bonds is 3. The number of nitrogens with one attached hydrogen (secondary N) is 1. The molecule has 1 atom stereocenters. The van der Waals surface area contributed by atoms with Gasteiger partial charge in [-0.15, -0.1) is 11.3 Å². The monoisotopic (exact) mass is 315 g/mol. The first-order chi connectivity index (χ1) is 10.6. The molecule has 2 aromatic rings. The molecular formula is C17H21N3OS. The Balaban J connectivity index is 1.76. The molecule has 1 aliphatic rings. The van der Waals surface area contributed by atoms with E-state index in [0.29, 0.717) is 5.92 Å². The van der Waals surface area contributed by atoms with Crippen molar-refractivity contribution in [3.8, 4) is 0 Å². The number of aryl methyl sites for hydroxylation is 2. The van der Waals surface area contributed by atoms with E-state index in [9.17, 15) is 4.79 Å². The number of likely N-dealkylation sites (tertiary alicyclic amines) is 1. The summed E-state index contributed by atoms with van der Waals surface area (Å²) in [5, 5.41) is 5.16. The highest BCUT2D eigenvalue weighted by molar-refractivity contribution is 7.12. The van der Waals surface area contributed by atoms with E-state index >= 15 is 0 Å². The van der Waals surface area contributed by atoms with Crippen LogP contribution in [-0.2, 0) is 0 Å². The number of anilines is 1. The van der Waals surface area contributed by atoms with E-state index in [1.165, 1.54) is 11.3 Å². The molecule has 1 amide bonds. The molecule has 1 fully saturated rings. The Morgan fingerprint density at radius 2 is 2.23 bits per heavy atom.